The van der Waals surface area contributed by atoms with Gasteiger partial charge in [-0.15, -0.1) is 0 Å². The van der Waals surface area contributed by atoms with E-state index >= 15 is 0 Å². The molecule has 0 aliphatic rings. The van der Waals surface area contributed by atoms with Crippen molar-refractivity contribution in [3.8, 4) is 0 Å². The number of fused-ring (bicyclic) bond motifs is 1. The number of aryl methyl sites for hydroxylation is 2. The summed E-state index contributed by atoms with van der Waals surface area (Å²) < 4.78 is 5.08. The molecule has 9 heteroatoms. The number of ether oxygens (including phenoxy) is 1. The summed E-state index contributed by atoms with van der Waals surface area (Å²) in [7, 11) is 0. The Bertz CT molecular complexity index is 1200. The van der Waals surface area contributed by atoms with Crippen molar-refractivity contribution < 1.29 is 19.1 Å². The Hall–Kier alpha value is -4.01. The van der Waals surface area contributed by atoms with E-state index in [0.717, 1.165) is 16.9 Å². The Morgan fingerprint density at radius 2 is 1.42 bits per heavy atom. The molecule has 3 amide bonds. The van der Waals surface area contributed by atoms with Crippen LogP contribution in [0.1, 0.15) is 42.5 Å². The summed E-state index contributed by atoms with van der Waals surface area (Å²) in [4.78, 5) is 45.2. The molecule has 172 valence electrons. The highest BCUT2D eigenvalue weighted by molar-refractivity contribution is 6.06. The first-order valence-electron chi connectivity index (χ1n) is 10.4. The van der Waals surface area contributed by atoms with E-state index in [9.17, 15) is 14.4 Å². The van der Waals surface area contributed by atoms with Crippen LogP contribution in [-0.4, -0.2) is 40.0 Å². The number of aromatic nitrogens is 2. The van der Waals surface area contributed by atoms with Gasteiger partial charge in [-0.3, -0.25) is 9.59 Å². The predicted octanol–water partition coefficient (Wildman–Crippen LogP) is 3.96. The van der Waals surface area contributed by atoms with Crippen molar-refractivity contribution in [3.63, 3.8) is 0 Å². The molecule has 0 aliphatic heterocycles. The SMILES string of the molecule is Cc1nc2ccc(C(=O)Nc3ccc(NC(=O)CNC(=O)OC(C)(C)C)cc3)cc2nc1C. The fourth-order valence-electron chi connectivity index (χ4n) is 2.88. The van der Waals surface area contributed by atoms with E-state index in [2.05, 4.69) is 25.9 Å². The van der Waals surface area contributed by atoms with Gasteiger partial charge in [-0.1, -0.05) is 0 Å². The van der Waals surface area contributed by atoms with Crippen molar-refractivity contribution in [2.45, 2.75) is 40.2 Å². The first-order valence-corrected chi connectivity index (χ1v) is 10.4. The Kier molecular flexibility index (Phi) is 6.91. The molecule has 3 aromatic rings. The summed E-state index contributed by atoms with van der Waals surface area (Å²) in [6, 6.07) is 11.8. The molecule has 0 fully saturated rings. The highest BCUT2D eigenvalue weighted by Gasteiger charge is 2.16. The van der Waals surface area contributed by atoms with E-state index < -0.39 is 17.6 Å². The third-order valence-corrected chi connectivity index (χ3v) is 4.56. The number of carbonyl (C=O) groups is 3. The van der Waals surface area contributed by atoms with Gasteiger partial charge in [-0.05, 0) is 77.1 Å². The number of rotatable bonds is 5. The summed E-state index contributed by atoms with van der Waals surface area (Å²) in [6.45, 7) is 8.76. The minimum atomic E-state index is -0.666. The number of carbonyl (C=O) groups excluding carboxylic acids is 3. The number of hydrogen-bond acceptors (Lipinski definition) is 6. The summed E-state index contributed by atoms with van der Waals surface area (Å²) in [5.74, 6) is -0.685. The summed E-state index contributed by atoms with van der Waals surface area (Å²) in [5.41, 5.74) is 3.97. The normalized spacial score (nSPS) is 11.1. The van der Waals surface area contributed by atoms with Crippen LogP contribution in [0.4, 0.5) is 16.2 Å². The van der Waals surface area contributed by atoms with Gasteiger partial charge in [0.2, 0.25) is 5.91 Å². The van der Waals surface area contributed by atoms with Crippen molar-refractivity contribution in [1.82, 2.24) is 15.3 Å². The van der Waals surface area contributed by atoms with E-state index in [1.807, 2.05) is 13.8 Å². The van der Waals surface area contributed by atoms with Gasteiger partial charge in [0.1, 0.15) is 12.1 Å². The molecule has 0 saturated heterocycles. The fourth-order valence-corrected chi connectivity index (χ4v) is 2.88. The fraction of sp³-hybridized carbons (Fsp3) is 0.292. The van der Waals surface area contributed by atoms with E-state index in [0.29, 0.717) is 22.5 Å². The van der Waals surface area contributed by atoms with Gasteiger partial charge in [0.15, 0.2) is 0 Å². The molecule has 0 atom stereocenters. The largest absolute Gasteiger partial charge is 0.444 e. The van der Waals surface area contributed by atoms with E-state index in [4.69, 9.17) is 4.74 Å². The van der Waals surface area contributed by atoms with Crippen molar-refractivity contribution in [3.05, 3.63) is 59.4 Å². The van der Waals surface area contributed by atoms with Crippen LogP contribution in [0.15, 0.2) is 42.5 Å². The number of nitrogens with one attached hydrogen (secondary N) is 3. The van der Waals surface area contributed by atoms with Gasteiger partial charge in [-0.2, -0.15) is 0 Å². The van der Waals surface area contributed by atoms with Crippen molar-refractivity contribution >= 4 is 40.3 Å². The Labute approximate surface area is 192 Å². The van der Waals surface area contributed by atoms with Crippen LogP contribution in [-0.2, 0) is 9.53 Å². The molecule has 2 aromatic carbocycles. The maximum absolute atomic E-state index is 12.6. The molecular weight excluding hydrogens is 422 g/mol. The molecule has 0 radical (unpaired) electrons. The number of hydrogen-bond donors (Lipinski definition) is 3. The number of amides is 3. The quantitative estimate of drug-likeness (QED) is 0.542. The van der Waals surface area contributed by atoms with Crippen LogP contribution < -0.4 is 16.0 Å². The molecule has 1 heterocycles. The second kappa shape index (κ2) is 9.64. The third-order valence-electron chi connectivity index (χ3n) is 4.56. The van der Waals surface area contributed by atoms with E-state index in [1.165, 1.54) is 0 Å². The van der Waals surface area contributed by atoms with Gasteiger partial charge >= 0.3 is 6.09 Å². The number of benzene rings is 2. The molecule has 3 rings (SSSR count). The topological polar surface area (TPSA) is 122 Å². The van der Waals surface area contributed by atoms with Crippen LogP contribution in [0.25, 0.3) is 11.0 Å². The molecule has 9 nitrogen and oxygen atoms in total. The molecular formula is C24H27N5O4. The van der Waals surface area contributed by atoms with Gasteiger partial charge in [0.25, 0.3) is 5.91 Å². The number of alkyl carbamates (subject to hydrolysis) is 1. The van der Waals surface area contributed by atoms with Gasteiger partial charge < -0.3 is 20.7 Å². The lowest BCUT2D eigenvalue weighted by molar-refractivity contribution is -0.115. The zero-order chi connectivity index (χ0) is 24.2. The summed E-state index contributed by atoms with van der Waals surface area (Å²) in [6.07, 6.45) is -0.666. The monoisotopic (exact) mass is 449 g/mol. The van der Waals surface area contributed by atoms with E-state index in [-0.39, 0.29) is 12.5 Å². The van der Waals surface area contributed by atoms with Gasteiger partial charge in [-0.25, -0.2) is 14.8 Å². The highest BCUT2D eigenvalue weighted by atomic mass is 16.6. The zero-order valence-electron chi connectivity index (χ0n) is 19.3. The van der Waals surface area contributed by atoms with Gasteiger partial charge in [0, 0.05) is 16.9 Å². The van der Waals surface area contributed by atoms with Crippen molar-refractivity contribution in [2.24, 2.45) is 0 Å². The standard InChI is InChI=1S/C24H27N5O4/c1-14-15(2)27-20-12-16(6-11-19(20)26-14)22(31)29-18-9-7-17(8-10-18)28-21(30)13-25-23(32)33-24(3,4)5/h6-12H,13H2,1-5H3,(H,25,32)(H,28,30)(H,29,31). The number of anilines is 2. The Morgan fingerprint density at radius 3 is 2.03 bits per heavy atom. The van der Waals surface area contributed by atoms with Gasteiger partial charge in [0.05, 0.1) is 22.4 Å². The Balaban J connectivity index is 1.56. The summed E-state index contributed by atoms with van der Waals surface area (Å²) >= 11 is 0. The zero-order valence-corrected chi connectivity index (χ0v) is 19.3. The van der Waals surface area contributed by atoms with Crippen LogP contribution in [0.2, 0.25) is 0 Å². The Morgan fingerprint density at radius 1 is 0.848 bits per heavy atom. The second-order valence-corrected chi connectivity index (χ2v) is 8.53. The molecule has 0 spiro atoms. The van der Waals surface area contributed by atoms with Crippen LogP contribution in [0, 0.1) is 13.8 Å². The minimum Gasteiger partial charge on any atom is -0.444 e. The molecule has 33 heavy (non-hydrogen) atoms. The lowest BCUT2D eigenvalue weighted by Gasteiger charge is -2.19. The van der Waals surface area contributed by atoms with Crippen LogP contribution in [0.3, 0.4) is 0 Å². The smallest absolute Gasteiger partial charge is 0.408 e. The lowest BCUT2D eigenvalue weighted by Crippen LogP contribution is -2.37. The molecule has 0 bridgehead atoms. The average Bonchev–Trinajstić information content (AvgIpc) is 2.73. The number of nitrogens with zero attached hydrogens (tertiary/aromatic N) is 2. The molecule has 3 N–H and O–H groups in total. The second-order valence-electron chi connectivity index (χ2n) is 8.53. The highest BCUT2D eigenvalue weighted by Crippen LogP contribution is 2.18. The maximum atomic E-state index is 12.6. The van der Waals surface area contributed by atoms with Crippen molar-refractivity contribution in [1.29, 1.82) is 0 Å². The maximum Gasteiger partial charge on any atom is 0.408 e. The predicted molar refractivity (Wildman–Crippen MR) is 126 cm³/mol. The lowest BCUT2D eigenvalue weighted by atomic mass is 10.1. The first kappa shape index (κ1) is 23.6. The van der Waals surface area contributed by atoms with Crippen LogP contribution in [0.5, 0.6) is 0 Å². The molecule has 0 saturated carbocycles. The molecule has 0 unspecified atom stereocenters. The minimum absolute atomic E-state index is 0.225. The first-order chi connectivity index (χ1) is 15.5. The average molecular weight is 450 g/mol. The van der Waals surface area contributed by atoms with Crippen LogP contribution >= 0.6 is 0 Å². The third kappa shape index (κ3) is 6.73. The molecule has 0 aliphatic carbocycles. The van der Waals surface area contributed by atoms with E-state index in [1.54, 1.807) is 63.2 Å². The molecule has 1 aromatic heterocycles. The van der Waals surface area contributed by atoms with Crippen molar-refractivity contribution in [2.75, 3.05) is 17.2 Å². The summed E-state index contributed by atoms with van der Waals surface area (Å²) in [5, 5.41) is 7.88.